The summed E-state index contributed by atoms with van der Waals surface area (Å²) in [6.07, 6.45) is 2.46. The molecule has 1 aromatic heterocycles. The molecule has 0 saturated heterocycles. The van der Waals surface area contributed by atoms with Crippen LogP contribution >= 0.6 is 44.1 Å². The predicted octanol–water partition coefficient (Wildman–Crippen LogP) is 4.25. The van der Waals surface area contributed by atoms with Gasteiger partial charge in [0.15, 0.2) is 0 Å². The van der Waals surface area contributed by atoms with Crippen molar-refractivity contribution in [3.63, 3.8) is 0 Å². The van der Waals surface area contributed by atoms with Crippen molar-refractivity contribution < 1.29 is 0 Å². The lowest BCUT2D eigenvalue weighted by atomic mass is 10.1. The van der Waals surface area contributed by atoms with Crippen LogP contribution in [0.4, 0.5) is 0 Å². The van der Waals surface area contributed by atoms with Gasteiger partial charge in [-0.25, -0.2) is 4.98 Å². The molecule has 5 heteroatoms. The molecule has 0 spiro atoms. The lowest BCUT2D eigenvalue weighted by Gasteiger charge is -2.04. The number of hydrogen-bond acceptors (Lipinski definition) is 2. The van der Waals surface area contributed by atoms with Crippen LogP contribution in [-0.2, 0) is 6.42 Å². The molecule has 0 amide bonds. The first-order valence-electron chi connectivity index (χ1n) is 4.64. The second kappa shape index (κ2) is 5.21. The SMILES string of the molecule is S=c1[nH]c(Cc2ccccc2Br)ncc1Br. The number of halogens is 2. The number of hydrogen-bond donors (Lipinski definition) is 1. The molecule has 0 aliphatic rings. The summed E-state index contributed by atoms with van der Waals surface area (Å²) in [7, 11) is 0. The molecule has 0 radical (unpaired) electrons. The summed E-state index contributed by atoms with van der Waals surface area (Å²) in [6.45, 7) is 0. The number of benzene rings is 1. The molecule has 0 saturated carbocycles. The van der Waals surface area contributed by atoms with Gasteiger partial charge in [0, 0.05) is 17.1 Å². The van der Waals surface area contributed by atoms with Gasteiger partial charge in [-0.3, -0.25) is 0 Å². The van der Waals surface area contributed by atoms with E-state index >= 15 is 0 Å². The molecule has 0 atom stereocenters. The zero-order valence-electron chi connectivity index (χ0n) is 8.21. The smallest absolute Gasteiger partial charge is 0.120 e. The Balaban J connectivity index is 2.31. The third-order valence-corrected chi connectivity index (χ3v) is 4.08. The molecule has 0 unspecified atom stereocenters. The van der Waals surface area contributed by atoms with E-state index in [1.54, 1.807) is 6.20 Å². The van der Waals surface area contributed by atoms with Gasteiger partial charge in [-0.15, -0.1) is 0 Å². The molecule has 16 heavy (non-hydrogen) atoms. The van der Waals surface area contributed by atoms with Crippen molar-refractivity contribution in [2.75, 3.05) is 0 Å². The Morgan fingerprint density at radius 2 is 1.94 bits per heavy atom. The number of aromatic amines is 1. The number of aromatic nitrogens is 2. The molecule has 1 heterocycles. The van der Waals surface area contributed by atoms with Crippen molar-refractivity contribution in [2.45, 2.75) is 6.42 Å². The standard InChI is InChI=1S/C11H8Br2N2S/c12-8-4-2-1-3-7(8)5-10-14-6-9(13)11(16)15-10/h1-4,6H,5H2,(H,14,15,16). The Labute approximate surface area is 115 Å². The van der Waals surface area contributed by atoms with E-state index in [2.05, 4.69) is 47.9 Å². The number of H-pyrrole nitrogens is 1. The van der Waals surface area contributed by atoms with Gasteiger partial charge in [-0.1, -0.05) is 46.3 Å². The summed E-state index contributed by atoms with van der Waals surface area (Å²) < 4.78 is 2.58. The van der Waals surface area contributed by atoms with E-state index < -0.39 is 0 Å². The van der Waals surface area contributed by atoms with Crippen molar-refractivity contribution >= 4 is 44.1 Å². The Morgan fingerprint density at radius 1 is 1.19 bits per heavy atom. The van der Waals surface area contributed by atoms with E-state index in [4.69, 9.17) is 12.2 Å². The molecule has 0 aliphatic heterocycles. The summed E-state index contributed by atoms with van der Waals surface area (Å²) in [4.78, 5) is 7.37. The van der Waals surface area contributed by atoms with Gasteiger partial charge < -0.3 is 4.98 Å². The topological polar surface area (TPSA) is 28.7 Å². The first-order chi connectivity index (χ1) is 7.66. The minimum atomic E-state index is 0.678. The molecule has 0 aliphatic carbocycles. The first kappa shape index (κ1) is 12.0. The van der Waals surface area contributed by atoms with Gasteiger partial charge in [-0.05, 0) is 27.6 Å². The largest absolute Gasteiger partial charge is 0.334 e. The minimum absolute atomic E-state index is 0.678. The molecule has 2 rings (SSSR count). The summed E-state index contributed by atoms with van der Waals surface area (Å²) in [5.41, 5.74) is 1.18. The van der Waals surface area contributed by atoms with Crippen molar-refractivity contribution in [3.8, 4) is 0 Å². The summed E-state index contributed by atoms with van der Waals surface area (Å²) >= 11 is 12.0. The van der Waals surface area contributed by atoms with Crippen molar-refractivity contribution in [3.05, 3.63) is 55.4 Å². The van der Waals surface area contributed by atoms with Crippen LogP contribution in [-0.4, -0.2) is 9.97 Å². The minimum Gasteiger partial charge on any atom is -0.334 e. The fourth-order valence-corrected chi connectivity index (χ4v) is 2.13. The van der Waals surface area contributed by atoms with Crippen molar-refractivity contribution in [1.29, 1.82) is 0 Å². The third kappa shape index (κ3) is 2.78. The summed E-state index contributed by atoms with van der Waals surface area (Å²) in [6, 6.07) is 8.08. The zero-order chi connectivity index (χ0) is 11.5. The Kier molecular flexibility index (Phi) is 3.89. The quantitative estimate of drug-likeness (QED) is 0.811. The fraction of sp³-hybridized carbons (Fsp3) is 0.0909. The second-order valence-corrected chi connectivity index (χ2v) is 5.39. The van der Waals surface area contributed by atoms with E-state index in [1.807, 2.05) is 18.2 Å². The van der Waals surface area contributed by atoms with Crippen LogP contribution in [0.2, 0.25) is 0 Å². The highest BCUT2D eigenvalue weighted by Gasteiger charge is 2.02. The maximum absolute atomic E-state index is 5.14. The maximum atomic E-state index is 5.14. The Bertz CT molecular complexity index is 566. The predicted molar refractivity (Wildman–Crippen MR) is 74.1 cm³/mol. The van der Waals surface area contributed by atoms with Crippen molar-refractivity contribution in [2.24, 2.45) is 0 Å². The normalized spacial score (nSPS) is 10.4. The summed E-state index contributed by atoms with van der Waals surface area (Å²) in [5.74, 6) is 0.861. The molecule has 1 aromatic carbocycles. The van der Waals surface area contributed by atoms with Crippen LogP contribution in [0.25, 0.3) is 0 Å². The van der Waals surface area contributed by atoms with Crippen LogP contribution in [0, 0.1) is 4.64 Å². The third-order valence-electron chi connectivity index (χ3n) is 2.12. The van der Waals surface area contributed by atoms with E-state index in [0.29, 0.717) is 4.64 Å². The molecule has 2 nitrogen and oxygen atoms in total. The molecule has 0 fully saturated rings. The molecule has 0 bridgehead atoms. The Morgan fingerprint density at radius 3 is 2.62 bits per heavy atom. The van der Waals surface area contributed by atoms with Crippen LogP contribution in [0.1, 0.15) is 11.4 Å². The second-order valence-electron chi connectivity index (χ2n) is 3.28. The zero-order valence-corrected chi connectivity index (χ0v) is 12.2. The first-order valence-corrected chi connectivity index (χ1v) is 6.63. The average molecular weight is 360 g/mol. The molecule has 2 aromatic rings. The van der Waals surface area contributed by atoms with Crippen LogP contribution in [0.15, 0.2) is 39.4 Å². The van der Waals surface area contributed by atoms with Gasteiger partial charge in [0.25, 0.3) is 0 Å². The number of nitrogens with zero attached hydrogens (tertiary/aromatic N) is 1. The molecular formula is C11H8Br2N2S. The highest BCUT2D eigenvalue weighted by atomic mass is 79.9. The Hall–Kier alpha value is -0.520. The lowest BCUT2D eigenvalue weighted by Crippen LogP contribution is -1.97. The summed E-state index contributed by atoms with van der Waals surface area (Å²) in [5, 5.41) is 0. The van der Waals surface area contributed by atoms with Crippen molar-refractivity contribution in [1.82, 2.24) is 9.97 Å². The number of nitrogens with one attached hydrogen (secondary N) is 1. The molecule has 82 valence electrons. The van der Waals surface area contributed by atoms with Crippen LogP contribution in [0.3, 0.4) is 0 Å². The lowest BCUT2D eigenvalue weighted by molar-refractivity contribution is 0.950. The highest BCUT2D eigenvalue weighted by molar-refractivity contribution is 9.10. The van der Waals surface area contributed by atoms with E-state index in [0.717, 1.165) is 21.2 Å². The van der Waals surface area contributed by atoms with Gasteiger partial charge in [0.05, 0.1) is 4.47 Å². The highest BCUT2D eigenvalue weighted by Crippen LogP contribution is 2.18. The maximum Gasteiger partial charge on any atom is 0.120 e. The van der Waals surface area contributed by atoms with Gasteiger partial charge in [-0.2, -0.15) is 0 Å². The monoisotopic (exact) mass is 358 g/mol. The van der Waals surface area contributed by atoms with Crippen LogP contribution < -0.4 is 0 Å². The fourth-order valence-electron chi connectivity index (χ4n) is 1.33. The molecular weight excluding hydrogens is 352 g/mol. The average Bonchev–Trinajstić information content (AvgIpc) is 2.27. The van der Waals surface area contributed by atoms with Gasteiger partial charge >= 0.3 is 0 Å². The van der Waals surface area contributed by atoms with E-state index in [1.165, 1.54) is 5.56 Å². The van der Waals surface area contributed by atoms with E-state index in [9.17, 15) is 0 Å². The van der Waals surface area contributed by atoms with Gasteiger partial charge in [0.2, 0.25) is 0 Å². The van der Waals surface area contributed by atoms with E-state index in [-0.39, 0.29) is 0 Å². The number of rotatable bonds is 2. The molecule has 1 N–H and O–H groups in total. The van der Waals surface area contributed by atoms with Gasteiger partial charge in [0.1, 0.15) is 10.5 Å². The van der Waals surface area contributed by atoms with Crippen LogP contribution in [0.5, 0.6) is 0 Å².